The number of anilines is 1. The first-order valence-corrected chi connectivity index (χ1v) is 7.38. The fourth-order valence-corrected chi connectivity index (χ4v) is 2.11. The van der Waals surface area contributed by atoms with Crippen molar-refractivity contribution in [1.82, 2.24) is 4.90 Å². The number of nitrogens with zero attached hydrogens (tertiary/aromatic N) is 2. The standard InChI is InChI=1S/C16H25N3O4/c1-11(16(2,3)4)18(5)10-15(20)17-13-8-7-12(23-6)9-14(13)19(21)22/h7-9,11H,10H2,1-6H3,(H,17,20). The first-order chi connectivity index (χ1) is 10.6. The number of nitro benzene ring substituents is 1. The molecule has 1 rings (SSSR count). The zero-order chi connectivity index (χ0) is 17.8. The number of amides is 1. The minimum atomic E-state index is -0.542. The zero-order valence-electron chi connectivity index (χ0n) is 14.5. The molecule has 0 saturated carbocycles. The third-order valence-electron chi connectivity index (χ3n) is 3.98. The van der Waals surface area contributed by atoms with Crippen molar-refractivity contribution in [3.05, 3.63) is 28.3 Å². The molecule has 23 heavy (non-hydrogen) atoms. The maximum atomic E-state index is 12.2. The van der Waals surface area contributed by atoms with E-state index in [9.17, 15) is 14.9 Å². The molecule has 1 N–H and O–H groups in total. The van der Waals surface area contributed by atoms with Crippen LogP contribution in [0.2, 0.25) is 0 Å². The number of likely N-dealkylation sites (N-methyl/N-ethyl adjacent to an activating group) is 1. The van der Waals surface area contributed by atoms with Crippen LogP contribution >= 0.6 is 0 Å². The molecule has 7 heteroatoms. The van der Waals surface area contributed by atoms with Gasteiger partial charge in [0.05, 0.1) is 24.6 Å². The van der Waals surface area contributed by atoms with Crippen LogP contribution in [0.15, 0.2) is 18.2 Å². The third kappa shape index (κ3) is 5.21. The van der Waals surface area contributed by atoms with Gasteiger partial charge in [0.25, 0.3) is 5.69 Å². The second kappa shape index (κ2) is 7.41. The third-order valence-corrected chi connectivity index (χ3v) is 3.98. The van der Waals surface area contributed by atoms with Crippen LogP contribution < -0.4 is 10.1 Å². The normalized spacial score (nSPS) is 12.8. The van der Waals surface area contributed by atoms with Crippen LogP contribution in [-0.2, 0) is 4.79 Å². The van der Waals surface area contributed by atoms with Crippen LogP contribution in [-0.4, -0.2) is 42.5 Å². The Kier molecular flexibility index (Phi) is 6.09. The lowest BCUT2D eigenvalue weighted by Gasteiger charge is -2.34. The molecule has 0 aromatic heterocycles. The summed E-state index contributed by atoms with van der Waals surface area (Å²) in [6.45, 7) is 8.49. The van der Waals surface area contributed by atoms with E-state index in [0.717, 1.165) is 0 Å². The highest BCUT2D eigenvalue weighted by Gasteiger charge is 2.25. The lowest BCUT2D eigenvalue weighted by Crippen LogP contribution is -2.43. The van der Waals surface area contributed by atoms with E-state index in [-0.39, 0.29) is 35.3 Å². The van der Waals surface area contributed by atoms with Crippen molar-refractivity contribution in [2.45, 2.75) is 33.7 Å². The van der Waals surface area contributed by atoms with Gasteiger partial charge in [-0.2, -0.15) is 0 Å². The molecule has 0 aliphatic rings. The van der Waals surface area contributed by atoms with E-state index in [1.807, 2.05) is 18.9 Å². The number of carbonyl (C=O) groups excluding carboxylic acids is 1. The van der Waals surface area contributed by atoms with Gasteiger partial charge in [-0.15, -0.1) is 0 Å². The highest BCUT2D eigenvalue weighted by atomic mass is 16.6. The first kappa shape index (κ1) is 18.9. The molecule has 7 nitrogen and oxygen atoms in total. The number of ether oxygens (including phenoxy) is 1. The van der Waals surface area contributed by atoms with Gasteiger partial charge in [0, 0.05) is 6.04 Å². The highest BCUT2D eigenvalue weighted by molar-refractivity contribution is 5.94. The second-order valence-corrected chi connectivity index (χ2v) is 6.65. The fourth-order valence-electron chi connectivity index (χ4n) is 2.11. The molecule has 0 spiro atoms. The highest BCUT2D eigenvalue weighted by Crippen LogP contribution is 2.29. The van der Waals surface area contributed by atoms with Crippen LogP contribution in [0.25, 0.3) is 0 Å². The van der Waals surface area contributed by atoms with Gasteiger partial charge in [0.15, 0.2) is 0 Å². The lowest BCUT2D eigenvalue weighted by atomic mass is 9.87. The van der Waals surface area contributed by atoms with Crippen LogP contribution in [0.3, 0.4) is 0 Å². The summed E-state index contributed by atoms with van der Waals surface area (Å²) in [6.07, 6.45) is 0. The van der Waals surface area contributed by atoms with Gasteiger partial charge in [-0.25, -0.2) is 0 Å². The summed E-state index contributed by atoms with van der Waals surface area (Å²) in [5.41, 5.74) is 0.00283. The molecule has 1 unspecified atom stereocenters. The average molecular weight is 323 g/mol. The Labute approximate surface area is 136 Å². The summed E-state index contributed by atoms with van der Waals surface area (Å²) >= 11 is 0. The van der Waals surface area contributed by atoms with Gasteiger partial charge in [0.2, 0.25) is 5.91 Å². The minimum absolute atomic E-state index is 0.0289. The smallest absolute Gasteiger partial charge is 0.296 e. The minimum Gasteiger partial charge on any atom is -0.496 e. The van der Waals surface area contributed by atoms with Crippen molar-refractivity contribution in [1.29, 1.82) is 0 Å². The molecule has 1 atom stereocenters. The Morgan fingerprint density at radius 2 is 2.04 bits per heavy atom. The number of hydrogen-bond donors (Lipinski definition) is 1. The molecule has 0 aliphatic heterocycles. The maximum absolute atomic E-state index is 12.2. The topological polar surface area (TPSA) is 84.7 Å². The number of benzene rings is 1. The Balaban J connectivity index is 2.84. The van der Waals surface area contributed by atoms with Gasteiger partial charge < -0.3 is 10.1 Å². The molecule has 0 bridgehead atoms. The number of methoxy groups -OCH3 is 1. The first-order valence-electron chi connectivity index (χ1n) is 7.38. The SMILES string of the molecule is COc1ccc(NC(=O)CN(C)C(C)C(C)(C)C)c([N+](=O)[O-])c1. The summed E-state index contributed by atoms with van der Waals surface area (Å²) in [5, 5.41) is 13.7. The predicted octanol–water partition coefficient (Wildman–Crippen LogP) is 2.91. The van der Waals surface area contributed by atoms with E-state index >= 15 is 0 Å². The van der Waals surface area contributed by atoms with Crippen molar-refractivity contribution in [3.63, 3.8) is 0 Å². The molecule has 1 amide bonds. The molecule has 0 heterocycles. The molecule has 0 fully saturated rings. The Hall–Kier alpha value is -2.15. The number of nitro groups is 1. The van der Waals surface area contributed by atoms with Gasteiger partial charge in [-0.3, -0.25) is 19.8 Å². The number of hydrogen-bond acceptors (Lipinski definition) is 5. The van der Waals surface area contributed by atoms with E-state index < -0.39 is 4.92 Å². The van der Waals surface area contributed by atoms with Gasteiger partial charge >= 0.3 is 0 Å². The van der Waals surface area contributed by atoms with E-state index in [4.69, 9.17) is 4.74 Å². The van der Waals surface area contributed by atoms with E-state index in [1.54, 1.807) is 6.07 Å². The Bertz CT molecular complexity index is 581. The van der Waals surface area contributed by atoms with Gasteiger partial charge in [-0.05, 0) is 31.5 Å². The number of nitrogens with one attached hydrogen (secondary N) is 1. The van der Waals surface area contributed by atoms with Crippen molar-refractivity contribution in [2.24, 2.45) is 5.41 Å². The largest absolute Gasteiger partial charge is 0.496 e. The molecule has 1 aromatic carbocycles. The van der Waals surface area contributed by atoms with Crippen LogP contribution in [0.4, 0.5) is 11.4 Å². The molecule has 1 aromatic rings. The van der Waals surface area contributed by atoms with Crippen molar-refractivity contribution >= 4 is 17.3 Å². The molecule has 128 valence electrons. The van der Waals surface area contributed by atoms with Crippen LogP contribution in [0.1, 0.15) is 27.7 Å². The summed E-state index contributed by atoms with van der Waals surface area (Å²) < 4.78 is 4.97. The Morgan fingerprint density at radius 1 is 1.43 bits per heavy atom. The quantitative estimate of drug-likeness (QED) is 0.642. The summed E-state index contributed by atoms with van der Waals surface area (Å²) in [5.74, 6) is 0.0741. The van der Waals surface area contributed by atoms with E-state index in [1.165, 1.54) is 19.2 Å². The maximum Gasteiger partial charge on any atom is 0.296 e. The fraction of sp³-hybridized carbons (Fsp3) is 0.562. The predicted molar refractivity (Wildman–Crippen MR) is 89.8 cm³/mol. The average Bonchev–Trinajstić information content (AvgIpc) is 2.45. The van der Waals surface area contributed by atoms with E-state index in [0.29, 0.717) is 5.75 Å². The van der Waals surface area contributed by atoms with Crippen LogP contribution in [0, 0.1) is 15.5 Å². The van der Waals surface area contributed by atoms with Gasteiger partial charge in [-0.1, -0.05) is 20.8 Å². The summed E-state index contributed by atoms with van der Waals surface area (Å²) in [7, 11) is 3.29. The lowest BCUT2D eigenvalue weighted by molar-refractivity contribution is -0.384. The molecular weight excluding hydrogens is 298 g/mol. The number of carbonyl (C=O) groups is 1. The zero-order valence-corrected chi connectivity index (χ0v) is 14.5. The number of rotatable bonds is 6. The molecule has 0 radical (unpaired) electrons. The van der Waals surface area contributed by atoms with E-state index in [2.05, 4.69) is 26.1 Å². The van der Waals surface area contributed by atoms with Crippen LogP contribution in [0.5, 0.6) is 5.75 Å². The molecule has 0 aliphatic carbocycles. The molecular formula is C16H25N3O4. The van der Waals surface area contributed by atoms with Gasteiger partial charge in [0.1, 0.15) is 11.4 Å². The Morgan fingerprint density at radius 3 is 2.52 bits per heavy atom. The molecule has 0 saturated heterocycles. The van der Waals surface area contributed by atoms with Crippen molar-refractivity contribution in [3.8, 4) is 5.75 Å². The summed E-state index contributed by atoms with van der Waals surface area (Å²) in [6, 6.07) is 4.52. The second-order valence-electron chi connectivity index (χ2n) is 6.65. The monoisotopic (exact) mass is 323 g/mol. The van der Waals surface area contributed by atoms with Crippen molar-refractivity contribution in [2.75, 3.05) is 26.0 Å². The summed E-state index contributed by atoms with van der Waals surface area (Å²) in [4.78, 5) is 24.7. The van der Waals surface area contributed by atoms with Crippen molar-refractivity contribution < 1.29 is 14.5 Å².